The second-order valence-electron chi connectivity index (χ2n) is 2.88. The molecule has 0 aromatic carbocycles. The van der Waals surface area contributed by atoms with Crippen LogP contribution in [0.4, 0.5) is 0 Å². The van der Waals surface area contributed by atoms with Crippen LogP contribution < -0.4 is 12.4 Å². The van der Waals surface area contributed by atoms with Crippen molar-refractivity contribution in [3.05, 3.63) is 38.5 Å². The normalized spacial score (nSPS) is 8.50. The van der Waals surface area contributed by atoms with E-state index in [9.17, 15) is 0 Å². The summed E-state index contributed by atoms with van der Waals surface area (Å²) in [5.74, 6) is 0. The first-order chi connectivity index (χ1) is 5.12. The van der Waals surface area contributed by atoms with E-state index >= 15 is 0 Å². The van der Waals surface area contributed by atoms with Crippen molar-refractivity contribution in [2.75, 3.05) is 27.2 Å². The lowest BCUT2D eigenvalue weighted by atomic mass is 10.4. The predicted octanol–water partition coefficient (Wildman–Crippen LogP) is -0.759. The van der Waals surface area contributed by atoms with Crippen LogP contribution in [0.25, 0.3) is 0 Å². The lowest BCUT2D eigenvalue weighted by Crippen LogP contribution is -3.00. The Balaban J connectivity index is -0.000000249. The molecule has 0 aliphatic rings. The molecule has 0 spiro atoms. The molecule has 0 aromatic rings. The van der Waals surface area contributed by atoms with Crippen molar-refractivity contribution in [3.63, 3.8) is 0 Å². The van der Waals surface area contributed by atoms with Gasteiger partial charge in [0.05, 0.1) is 27.2 Å². The van der Waals surface area contributed by atoms with Gasteiger partial charge in [0.1, 0.15) is 0 Å². The van der Waals surface area contributed by atoms with Crippen LogP contribution in [-0.4, -0.2) is 31.7 Å². The highest BCUT2D eigenvalue weighted by atomic mass is 35.5. The van der Waals surface area contributed by atoms with Gasteiger partial charge in [0.2, 0.25) is 0 Å². The number of nitrogens with zero attached hydrogens (tertiary/aromatic N) is 1. The van der Waals surface area contributed by atoms with Gasteiger partial charge in [-0.25, -0.2) is 0 Å². The van der Waals surface area contributed by atoms with Gasteiger partial charge in [0.15, 0.2) is 0 Å². The first kappa shape index (κ1) is 17.5. The van der Waals surface area contributed by atoms with E-state index in [2.05, 4.69) is 40.4 Å². The van der Waals surface area contributed by atoms with E-state index in [-0.39, 0.29) is 12.4 Å². The summed E-state index contributed by atoms with van der Waals surface area (Å²) in [6.07, 6.45) is 3.87. The second kappa shape index (κ2) is 10.5. The molecular weight excluding hydrogens is 170 g/mol. The van der Waals surface area contributed by atoms with Gasteiger partial charge in [-0.05, 0) is 12.2 Å². The van der Waals surface area contributed by atoms with E-state index in [1.54, 1.807) is 0 Å². The molecule has 0 saturated carbocycles. The van der Waals surface area contributed by atoms with Crippen LogP contribution in [0.3, 0.4) is 0 Å². The molecule has 0 saturated heterocycles. The lowest BCUT2D eigenvalue weighted by molar-refractivity contribution is -0.878. The van der Waals surface area contributed by atoms with Crippen molar-refractivity contribution >= 4 is 0 Å². The van der Waals surface area contributed by atoms with Crippen molar-refractivity contribution in [1.82, 2.24) is 0 Å². The van der Waals surface area contributed by atoms with Gasteiger partial charge in [-0.3, -0.25) is 0 Å². The molecule has 0 atom stereocenters. The maximum atomic E-state index is 3.68. The number of hydrogen-bond acceptors (Lipinski definition) is 0. The van der Waals surface area contributed by atoms with Crippen LogP contribution >= 0.6 is 0 Å². The van der Waals surface area contributed by atoms with Gasteiger partial charge in [0.25, 0.3) is 0 Å². The third-order valence-electron chi connectivity index (χ3n) is 1.25. The van der Waals surface area contributed by atoms with Gasteiger partial charge in [0, 0.05) is 0 Å². The van der Waals surface area contributed by atoms with Crippen LogP contribution in [0.5, 0.6) is 0 Å². The second-order valence-corrected chi connectivity index (χ2v) is 2.88. The summed E-state index contributed by atoms with van der Waals surface area (Å²) in [5, 5.41) is 0. The Kier molecular flexibility index (Phi) is 15.3. The maximum Gasteiger partial charge on any atom is 0.0969 e. The molecule has 0 aromatic heterocycles. The minimum absolute atomic E-state index is 0. The zero-order chi connectivity index (χ0) is 9.33. The van der Waals surface area contributed by atoms with Crippen molar-refractivity contribution < 1.29 is 16.9 Å². The molecule has 0 aliphatic carbocycles. The van der Waals surface area contributed by atoms with Crippen molar-refractivity contribution in [3.8, 4) is 0 Å². The average Bonchev–Trinajstić information content (AvgIpc) is 1.91. The van der Waals surface area contributed by atoms with Crippen LogP contribution in [0.15, 0.2) is 38.5 Å². The molecule has 0 unspecified atom stereocenters. The molecule has 2 heteroatoms. The van der Waals surface area contributed by atoms with Crippen LogP contribution in [-0.2, 0) is 0 Å². The van der Waals surface area contributed by atoms with Crippen LogP contribution in [0.1, 0.15) is 0 Å². The lowest BCUT2D eigenvalue weighted by Gasteiger charge is -2.26. The van der Waals surface area contributed by atoms with Crippen molar-refractivity contribution in [1.29, 1.82) is 0 Å². The SMILES string of the molecule is C=C.C=CC[N+](C)(C)CC=C.[Cl-]. The summed E-state index contributed by atoms with van der Waals surface area (Å²) in [6.45, 7) is 15.4. The maximum absolute atomic E-state index is 3.68. The van der Waals surface area contributed by atoms with Crippen molar-refractivity contribution in [2.24, 2.45) is 0 Å². The third-order valence-corrected chi connectivity index (χ3v) is 1.25. The molecule has 0 fully saturated rings. The summed E-state index contributed by atoms with van der Waals surface area (Å²) in [5.41, 5.74) is 0. The van der Waals surface area contributed by atoms with Crippen LogP contribution in [0, 0.1) is 0 Å². The minimum Gasteiger partial charge on any atom is -1.00 e. The molecule has 0 bridgehead atoms. The highest BCUT2D eigenvalue weighted by Crippen LogP contribution is 1.95. The highest BCUT2D eigenvalue weighted by Gasteiger charge is 2.07. The smallest absolute Gasteiger partial charge is 0.0969 e. The fraction of sp³-hybridized carbons (Fsp3) is 0.400. The van der Waals surface area contributed by atoms with Gasteiger partial charge in [-0.15, -0.1) is 13.2 Å². The molecule has 72 valence electrons. The van der Waals surface area contributed by atoms with Gasteiger partial charge >= 0.3 is 0 Å². The van der Waals surface area contributed by atoms with E-state index in [1.807, 2.05) is 12.2 Å². The molecular formula is C10H20ClN. The molecule has 0 heterocycles. The average molecular weight is 190 g/mol. The topological polar surface area (TPSA) is 0 Å². The Hall–Kier alpha value is -0.530. The zero-order valence-corrected chi connectivity index (χ0v) is 8.98. The fourth-order valence-electron chi connectivity index (χ4n) is 0.774. The Bertz CT molecular complexity index is 107. The zero-order valence-electron chi connectivity index (χ0n) is 8.22. The van der Waals surface area contributed by atoms with E-state index < -0.39 is 0 Å². The Morgan fingerprint density at radius 2 is 1.25 bits per heavy atom. The Labute approximate surface area is 83.1 Å². The number of rotatable bonds is 4. The van der Waals surface area contributed by atoms with E-state index in [4.69, 9.17) is 0 Å². The molecule has 0 aliphatic heterocycles. The molecule has 0 radical (unpaired) electrons. The first-order valence-corrected chi connectivity index (χ1v) is 3.66. The minimum atomic E-state index is 0. The van der Waals surface area contributed by atoms with Crippen molar-refractivity contribution in [2.45, 2.75) is 0 Å². The Morgan fingerprint density at radius 1 is 1.00 bits per heavy atom. The van der Waals surface area contributed by atoms with Crippen LogP contribution in [0.2, 0.25) is 0 Å². The summed E-state index contributed by atoms with van der Waals surface area (Å²) < 4.78 is 0.951. The fourth-order valence-corrected chi connectivity index (χ4v) is 0.774. The molecule has 0 rings (SSSR count). The molecule has 12 heavy (non-hydrogen) atoms. The molecule has 0 amide bonds. The number of halogens is 1. The monoisotopic (exact) mass is 189 g/mol. The highest BCUT2D eigenvalue weighted by molar-refractivity contribution is 4.69. The number of likely N-dealkylation sites (N-methyl/N-ethyl adjacent to an activating group) is 1. The summed E-state index contributed by atoms with van der Waals surface area (Å²) in [6, 6.07) is 0. The standard InChI is InChI=1S/C8H16N.C2H4.ClH/c1-5-7-9(3,4)8-6-2;1-2;/h5-6H,1-2,7-8H2,3-4H3;1-2H2;1H/q+1;;/p-1. The van der Waals surface area contributed by atoms with Gasteiger partial charge < -0.3 is 16.9 Å². The van der Waals surface area contributed by atoms with E-state index in [0.717, 1.165) is 17.6 Å². The first-order valence-electron chi connectivity index (χ1n) is 3.66. The quantitative estimate of drug-likeness (QED) is 0.403. The van der Waals surface area contributed by atoms with Gasteiger partial charge in [-0.1, -0.05) is 13.2 Å². The van der Waals surface area contributed by atoms with E-state index in [1.165, 1.54) is 0 Å². The Morgan fingerprint density at radius 3 is 1.42 bits per heavy atom. The number of quaternary nitrogens is 1. The summed E-state index contributed by atoms with van der Waals surface area (Å²) in [7, 11) is 4.31. The predicted molar refractivity (Wildman–Crippen MR) is 53.5 cm³/mol. The third kappa shape index (κ3) is 12.2. The molecule has 0 N–H and O–H groups in total. The van der Waals surface area contributed by atoms with E-state index in [0.29, 0.717) is 0 Å². The summed E-state index contributed by atoms with van der Waals surface area (Å²) >= 11 is 0. The summed E-state index contributed by atoms with van der Waals surface area (Å²) in [4.78, 5) is 0. The van der Waals surface area contributed by atoms with Gasteiger partial charge in [-0.2, -0.15) is 0 Å². The number of hydrogen-bond donors (Lipinski definition) is 0. The largest absolute Gasteiger partial charge is 1.00 e. The molecule has 1 nitrogen and oxygen atoms in total.